The first kappa shape index (κ1) is 15.1. The van der Waals surface area contributed by atoms with Gasteiger partial charge in [0, 0.05) is 13.1 Å². The Kier molecular flexibility index (Phi) is 4.76. The molecule has 3 aromatic rings. The highest BCUT2D eigenvalue weighted by Gasteiger charge is 2.05. The third-order valence-electron chi connectivity index (χ3n) is 3.70. The fourth-order valence-corrected chi connectivity index (χ4v) is 3.19. The van der Waals surface area contributed by atoms with Gasteiger partial charge in [0.25, 0.3) is 0 Å². The summed E-state index contributed by atoms with van der Waals surface area (Å²) in [6.07, 6.45) is 0. The van der Waals surface area contributed by atoms with Crippen LogP contribution in [0.5, 0.6) is 5.75 Å². The second-order valence-electron chi connectivity index (χ2n) is 5.23. The first-order chi connectivity index (χ1) is 10.8. The first-order valence-corrected chi connectivity index (χ1v) is 8.07. The van der Waals surface area contributed by atoms with Gasteiger partial charge in [-0.25, -0.2) is 0 Å². The van der Waals surface area contributed by atoms with E-state index in [1.165, 1.54) is 21.9 Å². The van der Waals surface area contributed by atoms with Gasteiger partial charge in [-0.2, -0.15) is 0 Å². The number of rotatable bonds is 5. The maximum absolute atomic E-state index is 5.34. The highest BCUT2D eigenvalue weighted by molar-refractivity contribution is 9.10. The summed E-state index contributed by atoms with van der Waals surface area (Å²) in [6.45, 7) is 1.74. The van der Waals surface area contributed by atoms with Crippen LogP contribution in [-0.4, -0.2) is 7.11 Å². The first-order valence-electron chi connectivity index (χ1n) is 7.27. The molecule has 0 bridgehead atoms. The lowest BCUT2D eigenvalue weighted by atomic mass is 10.1. The molecule has 1 N–H and O–H groups in total. The maximum Gasteiger partial charge on any atom is 0.133 e. The molecule has 3 aromatic carbocycles. The van der Waals surface area contributed by atoms with Crippen LogP contribution in [0.15, 0.2) is 65.1 Å². The van der Waals surface area contributed by atoms with Crippen LogP contribution in [0.1, 0.15) is 11.1 Å². The molecule has 0 heterocycles. The molecular weight excluding hydrogens is 338 g/mol. The van der Waals surface area contributed by atoms with Gasteiger partial charge in [0.05, 0.1) is 11.6 Å². The van der Waals surface area contributed by atoms with Crippen LogP contribution in [0.3, 0.4) is 0 Å². The van der Waals surface area contributed by atoms with Gasteiger partial charge >= 0.3 is 0 Å². The van der Waals surface area contributed by atoms with E-state index in [9.17, 15) is 0 Å². The molecule has 0 aliphatic carbocycles. The molecule has 0 amide bonds. The van der Waals surface area contributed by atoms with Gasteiger partial charge in [0.1, 0.15) is 5.75 Å². The van der Waals surface area contributed by atoms with E-state index < -0.39 is 0 Å². The third kappa shape index (κ3) is 3.32. The Labute approximate surface area is 139 Å². The summed E-state index contributed by atoms with van der Waals surface area (Å²) < 4.78 is 6.35. The number of hydrogen-bond donors (Lipinski definition) is 1. The Hall–Kier alpha value is -1.84. The topological polar surface area (TPSA) is 21.3 Å². The van der Waals surface area contributed by atoms with Crippen LogP contribution in [0.4, 0.5) is 0 Å². The minimum absolute atomic E-state index is 0.856. The number of halogens is 1. The van der Waals surface area contributed by atoms with Gasteiger partial charge in [0.2, 0.25) is 0 Å². The van der Waals surface area contributed by atoms with Gasteiger partial charge in [0.15, 0.2) is 0 Å². The fourth-order valence-electron chi connectivity index (χ4n) is 2.54. The highest BCUT2D eigenvalue weighted by atomic mass is 79.9. The van der Waals surface area contributed by atoms with Crippen molar-refractivity contribution in [1.29, 1.82) is 0 Å². The summed E-state index contributed by atoms with van der Waals surface area (Å²) in [5, 5.41) is 5.87. The number of hydrogen-bond acceptors (Lipinski definition) is 2. The third-order valence-corrected chi connectivity index (χ3v) is 4.52. The quantitative estimate of drug-likeness (QED) is 0.702. The van der Waals surface area contributed by atoms with Gasteiger partial charge in [-0.3, -0.25) is 0 Å². The van der Waals surface area contributed by atoms with Gasteiger partial charge in [-0.1, -0.05) is 48.5 Å². The Morgan fingerprint density at radius 2 is 1.68 bits per heavy atom. The molecule has 2 nitrogen and oxygen atoms in total. The van der Waals surface area contributed by atoms with Crippen molar-refractivity contribution in [1.82, 2.24) is 5.32 Å². The predicted octanol–water partition coefficient (Wildman–Crippen LogP) is 4.90. The van der Waals surface area contributed by atoms with E-state index in [1.807, 2.05) is 12.1 Å². The van der Waals surface area contributed by atoms with Gasteiger partial charge < -0.3 is 10.1 Å². The van der Waals surface area contributed by atoms with Crippen molar-refractivity contribution in [2.45, 2.75) is 13.1 Å². The largest absolute Gasteiger partial charge is 0.496 e. The van der Waals surface area contributed by atoms with Crippen LogP contribution in [0, 0.1) is 0 Å². The molecule has 0 atom stereocenters. The number of nitrogens with one attached hydrogen (secondary N) is 1. The molecule has 112 valence electrons. The summed E-state index contributed by atoms with van der Waals surface area (Å²) in [5.74, 6) is 0.863. The van der Waals surface area contributed by atoms with E-state index in [0.717, 1.165) is 23.3 Å². The van der Waals surface area contributed by atoms with E-state index in [0.29, 0.717) is 0 Å². The van der Waals surface area contributed by atoms with Gasteiger partial charge in [-0.05, 0) is 50.0 Å². The van der Waals surface area contributed by atoms with E-state index in [1.54, 1.807) is 7.11 Å². The predicted molar refractivity (Wildman–Crippen MR) is 95.2 cm³/mol. The van der Waals surface area contributed by atoms with E-state index in [2.05, 4.69) is 69.8 Å². The van der Waals surface area contributed by atoms with Crippen molar-refractivity contribution < 1.29 is 4.74 Å². The SMILES string of the molecule is COc1ccc2cc(CNCc3ccccc3)ccc2c1Br. The van der Waals surface area contributed by atoms with E-state index >= 15 is 0 Å². The molecule has 0 aliphatic heterocycles. The number of benzene rings is 3. The Bertz CT molecular complexity index is 771. The highest BCUT2D eigenvalue weighted by Crippen LogP contribution is 2.33. The molecule has 0 saturated heterocycles. The van der Waals surface area contributed by atoms with Crippen molar-refractivity contribution >= 4 is 26.7 Å². The van der Waals surface area contributed by atoms with Crippen molar-refractivity contribution in [3.8, 4) is 5.75 Å². The van der Waals surface area contributed by atoms with E-state index in [4.69, 9.17) is 4.74 Å². The van der Waals surface area contributed by atoms with E-state index in [-0.39, 0.29) is 0 Å². The zero-order chi connectivity index (χ0) is 15.4. The lowest BCUT2D eigenvalue weighted by Crippen LogP contribution is -2.12. The standard InChI is InChI=1S/C19H18BrNO/c1-22-18-10-8-16-11-15(7-9-17(16)19(18)20)13-21-12-14-5-3-2-4-6-14/h2-11,21H,12-13H2,1H3. The summed E-state index contributed by atoms with van der Waals surface area (Å²) in [5.41, 5.74) is 2.58. The minimum atomic E-state index is 0.856. The second-order valence-corrected chi connectivity index (χ2v) is 6.02. The monoisotopic (exact) mass is 355 g/mol. The molecule has 0 aromatic heterocycles. The fraction of sp³-hybridized carbons (Fsp3) is 0.158. The van der Waals surface area contributed by atoms with Crippen LogP contribution >= 0.6 is 15.9 Å². The summed E-state index contributed by atoms with van der Waals surface area (Å²) in [7, 11) is 1.69. The molecule has 0 aliphatic rings. The number of ether oxygens (including phenoxy) is 1. The van der Waals surface area contributed by atoms with Crippen molar-refractivity contribution in [3.05, 3.63) is 76.3 Å². The molecule has 3 rings (SSSR count). The van der Waals surface area contributed by atoms with Crippen LogP contribution in [0.2, 0.25) is 0 Å². The Balaban J connectivity index is 1.72. The summed E-state index contributed by atoms with van der Waals surface area (Å²) in [6, 6.07) is 21.1. The van der Waals surface area contributed by atoms with Crippen LogP contribution < -0.4 is 10.1 Å². The Morgan fingerprint density at radius 1 is 0.909 bits per heavy atom. The summed E-state index contributed by atoms with van der Waals surface area (Å²) >= 11 is 3.61. The normalized spacial score (nSPS) is 10.8. The second kappa shape index (κ2) is 6.95. The van der Waals surface area contributed by atoms with Crippen LogP contribution in [-0.2, 0) is 13.1 Å². The zero-order valence-electron chi connectivity index (χ0n) is 12.5. The minimum Gasteiger partial charge on any atom is -0.496 e. The average Bonchev–Trinajstić information content (AvgIpc) is 2.56. The molecule has 22 heavy (non-hydrogen) atoms. The Morgan fingerprint density at radius 3 is 2.45 bits per heavy atom. The molecule has 0 saturated carbocycles. The smallest absolute Gasteiger partial charge is 0.133 e. The van der Waals surface area contributed by atoms with Crippen molar-refractivity contribution in [3.63, 3.8) is 0 Å². The molecule has 3 heteroatoms. The average molecular weight is 356 g/mol. The molecule has 0 unspecified atom stereocenters. The number of methoxy groups -OCH3 is 1. The molecule has 0 radical (unpaired) electrons. The zero-order valence-corrected chi connectivity index (χ0v) is 14.1. The lowest BCUT2D eigenvalue weighted by Gasteiger charge is -2.09. The molecular formula is C19H18BrNO. The molecule has 0 fully saturated rings. The summed E-state index contributed by atoms with van der Waals surface area (Å²) in [4.78, 5) is 0. The van der Waals surface area contributed by atoms with Gasteiger partial charge in [-0.15, -0.1) is 0 Å². The van der Waals surface area contributed by atoms with Crippen LogP contribution in [0.25, 0.3) is 10.8 Å². The maximum atomic E-state index is 5.34. The number of fused-ring (bicyclic) bond motifs is 1. The van der Waals surface area contributed by atoms with Crippen molar-refractivity contribution in [2.24, 2.45) is 0 Å². The lowest BCUT2D eigenvalue weighted by molar-refractivity contribution is 0.413. The molecule has 0 spiro atoms. The van der Waals surface area contributed by atoms with Crippen molar-refractivity contribution in [2.75, 3.05) is 7.11 Å².